The third kappa shape index (κ3) is 0.997. The van der Waals surface area contributed by atoms with Crippen molar-refractivity contribution in [3.63, 3.8) is 0 Å². The maximum absolute atomic E-state index is 10.4. The number of carbonyl (C=O) groups excluding carboxylic acids is 1. The average molecular weight is 112 g/mol. The lowest BCUT2D eigenvalue weighted by Gasteiger charge is -1.98. The first-order chi connectivity index (χ1) is 3.80. The fourth-order valence-corrected chi connectivity index (χ4v) is 1.01. The van der Waals surface area contributed by atoms with Gasteiger partial charge in [0, 0.05) is 5.92 Å². The maximum atomic E-state index is 10.4. The molecular weight excluding hydrogens is 102 g/mol. The van der Waals surface area contributed by atoms with Gasteiger partial charge in [-0.25, -0.2) is 0 Å². The molecule has 2 N–H and O–H groups in total. The molecule has 45 valence electrons. The summed E-state index contributed by atoms with van der Waals surface area (Å²) in [7, 11) is 0. The standard InChI is InChI=1S/C6H10NO/c7-6(8)5-3-1-2-4-5/h1,5H,2-4H2,(H2,7,8)/t5-/m1/s1. The predicted octanol–water partition coefficient (Wildman–Crippen LogP) is 0.476. The zero-order valence-corrected chi connectivity index (χ0v) is 4.76. The quantitative estimate of drug-likeness (QED) is 0.526. The smallest absolute Gasteiger partial charge is 0.220 e. The number of primary amides is 1. The molecule has 2 nitrogen and oxygen atoms in total. The van der Waals surface area contributed by atoms with Gasteiger partial charge in [0.2, 0.25) is 5.91 Å². The molecule has 1 saturated carbocycles. The summed E-state index contributed by atoms with van der Waals surface area (Å²) in [5.41, 5.74) is 5.04. The Bertz CT molecular complexity index is 94.7. The molecule has 0 aromatic carbocycles. The molecule has 0 saturated heterocycles. The van der Waals surface area contributed by atoms with Gasteiger partial charge in [-0.05, 0) is 25.7 Å². The molecular formula is C6H10NO. The van der Waals surface area contributed by atoms with Crippen molar-refractivity contribution in [3.05, 3.63) is 6.42 Å². The van der Waals surface area contributed by atoms with Gasteiger partial charge in [0.15, 0.2) is 0 Å². The largest absolute Gasteiger partial charge is 0.369 e. The summed E-state index contributed by atoms with van der Waals surface area (Å²) >= 11 is 0. The molecule has 0 unspecified atom stereocenters. The second-order valence-corrected chi connectivity index (χ2v) is 2.20. The van der Waals surface area contributed by atoms with E-state index in [1.54, 1.807) is 0 Å². The highest BCUT2D eigenvalue weighted by molar-refractivity contribution is 5.77. The molecule has 1 rings (SSSR count). The van der Waals surface area contributed by atoms with Crippen molar-refractivity contribution >= 4 is 5.91 Å². The van der Waals surface area contributed by atoms with Gasteiger partial charge in [0.25, 0.3) is 0 Å². The van der Waals surface area contributed by atoms with Crippen LogP contribution in [0, 0.1) is 12.3 Å². The van der Waals surface area contributed by atoms with E-state index in [-0.39, 0.29) is 11.8 Å². The highest BCUT2D eigenvalue weighted by atomic mass is 16.1. The molecule has 1 atom stereocenters. The van der Waals surface area contributed by atoms with Gasteiger partial charge in [-0.3, -0.25) is 4.79 Å². The van der Waals surface area contributed by atoms with Crippen LogP contribution in [0.5, 0.6) is 0 Å². The van der Waals surface area contributed by atoms with E-state index in [1.807, 2.05) is 0 Å². The Kier molecular flexibility index (Phi) is 1.51. The van der Waals surface area contributed by atoms with Crippen LogP contribution in [0.1, 0.15) is 19.3 Å². The van der Waals surface area contributed by atoms with Crippen molar-refractivity contribution in [2.75, 3.05) is 0 Å². The van der Waals surface area contributed by atoms with Crippen LogP contribution < -0.4 is 5.73 Å². The number of carbonyl (C=O) groups is 1. The number of hydrogen-bond acceptors (Lipinski definition) is 1. The lowest BCUT2D eigenvalue weighted by Crippen LogP contribution is -2.19. The Hall–Kier alpha value is -0.530. The third-order valence-corrected chi connectivity index (χ3v) is 1.57. The Balaban J connectivity index is 2.35. The van der Waals surface area contributed by atoms with Crippen molar-refractivity contribution in [1.29, 1.82) is 0 Å². The fraction of sp³-hybridized carbons (Fsp3) is 0.667. The first kappa shape index (κ1) is 5.60. The SMILES string of the molecule is NC(=O)[C@@H]1C[CH]CC1. The van der Waals surface area contributed by atoms with Crippen molar-refractivity contribution in [1.82, 2.24) is 0 Å². The summed E-state index contributed by atoms with van der Waals surface area (Å²) in [5, 5.41) is 0. The molecule has 1 amide bonds. The molecule has 0 aromatic rings. The molecule has 0 spiro atoms. The molecule has 2 heteroatoms. The molecule has 1 fully saturated rings. The Morgan fingerprint density at radius 1 is 1.75 bits per heavy atom. The first-order valence-electron chi connectivity index (χ1n) is 2.91. The molecule has 1 aliphatic carbocycles. The lowest BCUT2D eigenvalue weighted by molar-refractivity contribution is -0.121. The van der Waals surface area contributed by atoms with E-state index in [9.17, 15) is 4.79 Å². The summed E-state index contributed by atoms with van der Waals surface area (Å²) in [6.07, 6.45) is 5.05. The van der Waals surface area contributed by atoms with Gasteiger partial charge < -0.3 is 5.73 Å². The average Bonchev–Trinajstić information content (AvgIpc) is 2.12. The maximum Gasteiger partial charge on any atom is 0.220 e. The number of amides is 1. The second kappa shape index (κ2) is 2.16. The Morgan fingerprint density at radius 3 is 2.75 bits per heavy atom. The summed E-state index contributed by atoms with van der Waals surface area (Å²) < 4.78 is 0. The van der Waals surface area contributed by atoms with Gasteiger partial charge in [-0.2, -0.15) is 0 Å². The molecule has 8 heavy (non-hydrogen) atoms. The summed E-state index contributed by atoms with van der Waals surface area (Å²) in [6.45, 7) is 0. The van der Waals surface area contributed by atoms with E-state index in [4.69, 9.17) is 5.73 Å². The zero-order chi connectivity index (χ0) is 5.98. The molecule has 0 bridgehead atoms. The third-order valence-electron chi connectivity index (χ3n) is 1.57. The van der Waals surface area contributed by atoms with Gasteiger partial charge in [0.1, 0.15) is 0 Å². The van der Waals surface area contributed by atoms with Crippen molar-refractivity contribution < 1.29 is 4.79 Å². The topological polar surface area (TPSA) is 43.1 Å². The Labute approximate surface area is 49.1 Å². The van der Waals surface area contributed by atoms with Crippen LogP contribution in [0.2, 0.25) is 0 Å². The van der Waals surface area contributed by atoms with E-state index in [0.29, 0.717) is 0 Å². The van der Waals surface area contributed by atoms with Gasteiger partial charge in [0.05, 0.1) is 0 Å². The minimum absolute atomic E-state index is 0.140. The van der Waals surface area contributed by atoms with Crippen LogP contribution in [-0.4, -0.2) is 5.91 Å². The minimum atomic E-state index is -0.140. The first-order valence-corrected chi connectivity index (χ1v) is 2.91. The second-order valence-electron chi connectivity index (χ2n) is 2.20. The van der Waals surface area contributed by atoms with E-state index in [2.05, 4.69) is 6.42 Å². The van der Waals surface area contributed by atoms with E-state index in [1.165, 1.54) is 0 Å². The summed E-state index contributed by atoms with van der Waals surface area (Å²) in [5.74, 6) is 0.00810. The summed E-state index contributed by atoms with van der Waals surface area (Å²) in [4.78, 5) is 10.4. The van der Waals surface area contributed by atoms with Crippen molar-refractivity contribution in [2.24, 2.45) is 11.7 Å². The number of nitrogens with two attached hydrogens (primary N) is 1. The highest BCUT2D eigenvalue weighted by Crippen LogP contribution is 2.22. The molecule has 0 aromatic heterocycles. The van der Waals surface area contributed by atoms with Crippen LogP contribution in [0.15, 0.2) is 0 Å². The van der Waals surface area contributed by atoms with Crippen LogP contribution >= 0.6 is 0 Å². The number of rotatable bonds is 1. The normalized spacial score (nSPS) is 21.5. The molecule has 0 heterocycles. The van der Waals surface area contributed by atoms with Crippen molar-refractivity contribution in [2.45, 2.75) is 19.3 Å². The highest BCUT2D eigenvalue weighted by Gasteiger charge is 2.19. The Morgan fingerprint density at radius 2 is 2.50 bits per heavy atom. The van der Waals surface area contributed by atoms with E-state index >= 15 is 0 Å². The van der Waals surface area contributed by atoms with Crippen LogP contribution in [0.25, 0.3) is 0 Å². The van der Waals surface area contributed by atoms with Gasteiger partial charge in [-0.1, -0.05) is 0 Å². The minimum Gasteiger partial charge on any atom is -0.369 e. The molecule has 1 aliphatic rings. The monoisotopic (exact) mass is 112 g/mol. The van der Waals surface area contributed by atoms with Crippen LogP contribution in [0.4, 0.5) is 0 Å². The van der Waals surface area contributed by atoms with Crippen LogP contribution in [0.3, 0.4) is 0 Å². The van der Waals surface area contributed by atoms with E-state index in [0.717, 1.165) is 19.3 Å². The predicted molar refractivity (Wildman–Crippen MR) is 30.8 cm³/mol. The summed E-state index contributed by atoms with van der Waals surface area (Å²) in [6, 6.07) is 0. The van der Waals surface area contributed by atoms with E-state index < -0.39 is 0 Å². The van der Waals surface area contributed by atoms with Gasteiger partial charge in [-0.15, -0.1) is 0 Å². The van der Waals surface area contributed by atoms with Crippen molar-refractivity contribution in [3.8, 4) is 0 Å². The van der Waals surface area contributed by atoms with Gasteiger partial charge >= 0.3 is 0 Å². The fourth-order valence-electron chi connectivity index (χ4n) is 1.01. The number of hydrogen-bond donors (Lipinski definition) is 1. The molecule has 0 aliphatic heterocycles. The lowest BCUT2D eigenvalue weighted by atomic mass is 10.1. The zero-order valence-electron chi connectivity index (χ0n) is 4.76. The molecule has 1 radical (unpaired) electrons. The van der Waals surface area contributed by atoms with Crippen LogP contribution in [-0.2, 0) is 4.79 Å².